The number of morpholine rings is 1. The molecule has 2 rings (SSSR count). The van der Waals surface area contributed by atoms with Crippen LogP contribution in [0, 0.1) is 0 Å². The van der Waals surface area contributed by atoms with Gasteiger partial charge in [0.1, 0.15) is 15.4 Å². The van der Waals surface area contributed by atoms with E-state index in [0.717, 1.165) is 0 Å². The predicted octanol–water partition coefficient (Wildman–Crippen LogP) is 2.76. The zero-order valence-electron chi connectivity index (χ0n) is 15.2. The van der Waals surface area contributed by atoms with Crippen molar-refractivity contribution in [3.63, 3.8) is 0 Å². The fraction of sp³-hybridized carbons (Fsp3) is 0.647. The van der Waals surface area contributed by atoms with Gasteiger partial charge in [0.05, 0.1) is 25.4 Å². The van der Waals surface area contributed by atoms with Crippen LogP contribution in [0.2, 0.25) is 5.15 Å². The van der Waals surface area contributed by atoms with Gasteiger partial charge in [-0.25, -0.2) is 9.78 Å². The van der Waals surface area contributed by atoms with Crippen LogP contribution in [0.15, 0.2) is 16.7 Å². The first-order valence-corrected chi connectivity index (χ1v) is 9.62. The topological polar surface area (TPSA) is 83.9 Å². The number of pyridine rings is 1. The van der Waals surface area contributed by atoms with E-state index in [0.29, 0.717) is 48.2 Å². The largest absolute Gasteiger partial charge is 0.444 e. The molecule has 1 amide bonds. The molecule has 1 aromatic heterocycles. The summed E-state index contributed by atoms with van der Waals surface area (Å²) in [4.78, 5) is 18.0. The molecular weight excluding hydrogens is 426 g/mol. The summed E-state index contributed by atoms with van der Waals surface area (Å²) in [6, 6.07) is 3.18. The quantitative estimate of drug-likeness (QED) is 0.671. The van der Waals surface area contributed by atoms with E-state index < -0.39 is 11.7 Å². The number of aromatic nitrogens is 1. The minimum Gasteiger partial charge on any atom is -0.444 e. The molecule has 1 aromatic rings. The van der Waals surface area contributed by atoms with Crippen LogP contribution in [-0.2, 0) is 9.47 Å². The van der Waals surface area contributed by atoms with E-state index in [2.05, 4.69) is 26.2 Å². The Kier molecular flexibility index (Phi) is 7.66. The zero-order chi connectivity index (χ0) is 19.3. The number of nitrogens with zero attached hydrogens (tertiary/aromatic N) is 2. The Balaban J connectivity index is 1.88. The number of amides is 1. The fourth-order valence-electron chi connectivity index (χ4n) is 2.57. The van der Waals surface area contributed by atoms with Gasteiger partial charge in [-0.1, -0.05) is 11.6 Å². The van der Waals surface area contributed by atoms with Crippen molar-refractivity contribution in [3.05, 3.63) is 27.5 Å². The van der Waals surface area contributed by atoms with E-state index in [-0.39, 0.29) is 12.1 Å². The molecule has 0 radical (unpaired) electrons. The molecular formula is C17H25BrClN3O4. The third-order valence-corrected chi connectivity index (χ3v) is 4.34. The fourth-order valence-corrected chi connectivity index (χ4v) is 3.34. The normalized spacial score (nSPS) is 19.3. The molecule has 0 aliphatic carbocycles. The monoisotopic (exact) mass is 449 g/mol. The van der Waals surface area contributed by atoms with Gasteiger partial charge in [-0.05, 0) is 54.4 Å². The first-order chi connectivity index (χ1) is 12.2. The second-order valence-electron chi connectivity index (χ2n) is 7.12. The van der Waals surface area contributed by atoms with Gasteiger partial charge in [-0.2, -0.15) is 0 Å². The molecule has 2 heterocycles. The summed E-state index contributed by atoms with van der Waals surface area (Å²) < 4.78 is 11.5. The molecule has 1 fully saturated rings. The molecule has 0 aromatic carbocycles. The lowest BCUT2D eigenvalue weighted by molar-refractivity contribution is -0.0321. The molecule has 0 bridgehead atoms. The third-order valence-electron chi connectivity index (χ3n) is 3.74. The summed E-state index contributed by atoms with van der Waals surface area (Å²) in [6.45, 7) is 7.71. The summed E-state index contributed by atoms with van der Waals surface area (Å²) in [6.07, 6.45) is -1.09. The van der Waals surface area contributed by atoms with E-state index in [1.807, 2.05) is 20.8 Å². The maximum absolute atomic E-state index is 12.4. The zero-order valence-corrected chi connectivity index (χ0v) is 17.5. The van der Waals surface area contributed by atoms with Crippen molar-refractivity contribution in [2.24, 2.45) is 0 Å². The number of hydrogen-bond donors (Lipinski definition) is 2. The highest BCUT2D eigenvalue weighted by Crippen LogP contribution is 2.20. The van der Waals surface area contributed by atoms with Crippen LogP contribution < -0.4 is 5.32 Å². The summed E-state index contributed by atoms with van der Waals surface area (Å²) in [7, 11) is 0. The van der Waals surface area contributed by atoms with Gasteiger partial charge >= 0.3 is 6.09 Å². The van der Waals surface area contributed by atoms with Gasteiger partial charge in [0, 0.05) is 19.6 Å². The van der Waals surface area contributed by atoms with E-state index in [4.69, 9.17) is 21.1 Å². The number of ether oxygens (including phenoxy) is 2. The van der Waals surface area contributed by atoms with Crippen molar-refractivity contribution in [2.75, 3.05) is 32.8 Å². The number of nitrogens with one attached hydrogen (secondary N) is 1. The van der Waals surface area contributed by atoms with Gasteiger partial charge in [0.15, 0.2) is 0 Å². The molecule has 146 valence electrons. The lowest BCUT2D eigenvalue weighted by Gasteiger charge is -2.36. The number of halogens is 2. The molecule has 2 atom stereocenters. The maximum atomic E-state index is 12.4. The van der Waals surface area contributed by atoms with E-state index in [1.165, 1.54) is 0 Å². The molecule has 1 aliphatic heterocycles. The first-order valence-electron chi connectivity index (χ1n) is 8.45. The van der Waals surface area contributed by atoms with Crippen LogP contribution in [0.5, 0.6) is 0 Å². The van der Waals surface area contributed by atoms with Crippen LogP contribution in [0.25, 0.3) is 0 Å². The van der Waals surface area contributed by atoms with E-state index >= 15 is 0 Å². The van der Waals surface area contributed by atoms with Gasteiger partial charge in [-0.3, -0.25) is 4.90 Å². The molecule has 1 saturated heterocycles. The van der Waals surface area contributed by atoms with Crippen molar-refractivity contribution < 1.29 is 19.4 Å². The van der Waals surface area contributed by atoms with E-state index in [9.17, 15) is 9.90 Å². The van der Waals surface area contributed by atoms with Crippen molar-refractivity contribution in [2.45, 2.75) is 38.5 Å². The minimum atomic E-state index is -0.744. The SMILES string of the molecule is CC(C)(C)OC(=O)N1CCOCC1CNCC(O)c1cc(Cl)nc(Br)c1. The molecule has 26 heavy (non-hydrogen) atoms. The molecule has 2 unspecified atom stereocenters. The van der Waals surface area contributed by atoms with Crippen molar-refractivity contribution in [1.82, 2.24) is 15.2 Å². The van der Waals surface area contributed by atoms with Gasteiger partial charge < -0.3 is 19.9 Å². The van der Waals surface area contributed by atoms with Crippen LogP contribution in [0.3, 0.4) is 0 Å². The number of aliphatic hydroxyl groups excluding tert-OH is 1. The molecule has 0 saturated carbocycles. The molecule has 9 heteroatoms. The Morgan fingerprint density at radius 3 is 2.96 bits per heavy atom. The molecule has 2 N–H and O–H groups in total. The van der Waals surface area contributed by atoms with Crippen LogP contribution >= 0.6 is 27.5 Å². The van der Waals surface area contributed by atoms with Crippen LogP contribution in [-0.4, -0.2) is 65.6 Å². The van der Waals surface area contributed by atoms with Crippen molar-refractivity contribution >= 4 is 33.6 Å². The smallest absolute Gasteiger partial charge is 0.410 e. The molecule has 0 spiro atoms. The lowest BCUT2D eigenvalue weighted by Crippen LogP contribution is -2.54. The maximum Gasteiger partial charge on any atom is 0.410 e. The minimum absolute atomic E-state index is 0.154. The lowest BCUT2D eigenvalue weighted by atomic mass is 10.1. The highest BCUT2D eigenvalue weighted by molar-refractivity contribution is 9.10. The highest BCUT2D eigenvalue weighted by atomic mass is 79.9. The van der Waals surface area contributed by atoms with Gasteiger partial charge in [0.2, 0.25) is 0 Å². The number of carbonyl (C=O) groups excluding carboxylic acids is 1. The third kappa shape index (κ3) is 6.66. The summed E-state index contributed by atoms with van der Waals surface area (Å²) >= 11 is 9.17. The second kappa shape index (κ2) is 9.32. The Morgan fingerprint density at radius 1 is 1.58 bits per heavy atom. The Bertz CT molecular complexity index is 606. The van der Waals surface area contributed by atoms with Crippen molar-refractivity contribution in [3.8, 4) is 0 Å². The highest BCUT2D eigenvalue weighted by Gasteiger charge is 2.30. The second-order valence-corrected chi connectivity index (χ2v) is 8.32. The number of rotatable bonds is 5. The predicted molar refractivity (Wildman–Crippen MR) is 102 cm³/mol. The summed E-state index contributed by atoms with van der Waals surface area (Å²) in [5.41, 5.74) is 0.116. The van der Waals surface area contributed by atoms with Gasteiger partial charge in [-0.15, -0.1) is 0 Å². The summed E-state index contributed by atoms with van der Waals surface area (Å²) in [5, 5.41) is 13.8. The number of carbonyl (C=O) groups is 1. The molecule has 7 nitrogen and oxygen atoms in total. The summed E-state index contributed by atoms with van der Waals surface area (Å²) in [5.74, 6) is 0. The number of hydrogen-bond acceptors (Lipinski definition) is 6. The van der Waals surface area contributed by atoms with Crippen LogP contribution in [0.4, 0.5) is 4.79 Å². The van der Waals surface area contributed by atoms with Gasteiger partial charge in [0.25, 0.3) is 0 Å². The standard InChI is InChI=1S/C17H25BrClN3O4/c1-17(2,3)26-16(24)22-4-5-25-10-12(22)8-20-9-13(23)11-6-14(18)21-15(19)7-11/h6-7,12-13,20,23H,4-5,8-10H2,1-3H3. The average Bonchev–Trinajstić information content (AvgIpc) is 2.52. The first kappa shape index (κ1) is 21.4. The average molecular weight is 451 g/mol. The Morgan fingerprint density at radius 2 is 2.31 bits per heavy atom. The van der Waals surface area contributed by atoms with Crippen molar-refractivity contribution in [1.29, 1.82) is 0 Å². The number of aliphatic hydroxyl groups is 1. The Hall–Kier alpha value is -0.930. The van der Waals surface area contributed by atoms with Crippen LogP contribution in [0.1, 0.15) is 32.4 Å². The molecule has 1 aliphatic rings. The van der Waals surface area contributed by atoms with E-state index in [1.54, 1.807) is 17.0 Å². The Labute approximate surface area is 167 Å².